The molecule has 0 amide bonds. The van der Waals surface area contributed by atoms with E-state index in [1.165, 1.54) is 12.1 Å². The van der Waals surface area contributed by atoms with E-state index in [2.05, 4.69) is 0 Å². The lowest BCUT2D eigenvalue weighted by Crippen LogP contribution is -2.05. The molecular formula is C15H16FNO. The normalized spacial score (nSPS) is 10.4. The largest absolute Gasteiger partial charge is 0.489 e. The van der Waals surface area contributed by atoms with Gasteiger partial charge in [0.25, 0.3) is 0 Å². The quantitative estimate of drug-likeness (QED) is 0.898. The van der Waals surface area contributed by atoms with Gasteiger partial charge in [-0.15, -0.1) is 0 Å². The van der Waals surface area contributed by atoms with Crippen molar-refractivity contribution in [1.82, 2.24) is 0 Å². The van der Waals surface area contributed by atoms with Gasteiger partial charge in [-0.25, -0.2) is 4.39 Å². The summed E-state index contributed by atoms with van der Waals surface area (Å²) in [6.45, 7) is 2.70. The van der Waals surface area contributed by atoms with Crippen molar-refractivity contribution < 1.29 is 9.13 Å². The van der Waals surface area contributed by atoms with Crippen molar-refractivity contribution in [3.05, 3.63) is 65.0 Å². The molecule has 0 heterocycles. The van der Waals surface area contributed by atoms with Crippen LogP contribution in [0.25, 0.3) is 0 Å². The molecule has 0 aliphatic rings. The Kier molecular flexibility index (Phi) is 3.95. The first-order chi connectivity index (χ1) is 8.70. The Morgan fingerprint density at radius 3 is 2.61 bits per heavy atom. The molecule has 2 aromatic rings. The van der Waals surface area contributed by atoms with Gasteiger partial charge in [0.15, 0.2) is 0 Å². The minimum Gasteiger partial charge on any atom is -0.489 e. The summed E-state index contributed by atoms with van der Waals surface area (Å²) < 4.78 is 18.8. The van der Waals surface area contributed by atoms with Crippen molar-refractivity contribution in [2.75, 3.05) is 0 Å². The highest BCUT2D eigenvalue weighted by Gasteiger charge is 2.05. The van der Waals surface area contributed by atoms with E-state index >= 15 is 0 Å². The highest BCUT2D eigenvalue weighted by atomic mass is 19.1. The third-order valence-corrected chi connectivity index (χ3v) is 2.86. The maximum Gasteiger partial charge on any atom is 0.123 e. The summed E-state index contributed by atoms with van der Waals surface area (Å²) >= 11 is 0. The molecule has 2 N–H and O–H groups in total. The number of aryl methyl sites for hydroxylation is 1. The fraction of sp³-hybridized carbons (Fsp3) is 0.200. The lowest BCUT2D eigenvalue weighted by Gasteiger charge is -2.11. The summed E-state index contributed by atoms with van der Waals surface area (Å²) in [4.78, 5) is 0. The van der Waals surface area contributed by atoms with Gasteiger partial charge in [-0.2, -0.15) is 0 Å². The van der Waals surface area contributed by atoms with Crippen LogP contribution in [0.3, 0.4) is 0 Å². The Balaban J connectivity index is 2.13. The van der Waals surface area contributed by atoms with E-state index in [4.69, 9.17) is 10.5 Å². The van der Waals surface area contributed by atoms with Crippen molar-refractivity contribution in [2.24, 2.45) is 5.73 Å². The number of hydrogen-bond donors (Lipinski definition) is 1. The van der Waals surface area contributed by atoms with E-state index in [1.54, 1.807) is 6.07 Å². The molecule has 0 bridgehead atoms. The van der Waals surface area contributed by atoms with Crippen LogP contribution in [0, 0.1) is 12.7 Å². The number of nitrogens with two attached hydrogens (primary N) is 1. The molecule has 0 spiro atoms. The van der Waals surface area contributed by atoms with E-state index < -0.39 is 0 Å². The van der Waals surface area contributed by atoms with Crippen LogP contribution in [0.4, 0.5) is 4.39 Å². The van der Waals surface area contributed by atoms with Crippen LogP contribution in [0.2, 0.25) is 0 Å². The minimum atomic E-state index is -0.268. The molecule has 0 atom stereocenters. The SMILES string of the molecule is Cc1ccccc1OCc1ccc(F)cc1CN. The fourth-order valence-corrected chi connectivity index (χ4v) is 1.80. The first-order valence-electron chi connectivity index (χ1n) is 5.86. The van der Waals surface area contributed by atoms with Crippen LogP contribution in [-0.4, -0.2) is 0 Å². The second-order valence-electron chi connectivity index (χ2n) is 4.17. The van der Waals surface area contributed by atoms with Gasteiger partial charge in [-0.05, 0) is 41.8 Å². The van der Waals surface area contributed by atoms with Crippen LogP contribution in [0.1, 0.15) is 16.7 Å². The molecule has 2 rings (SSSR count). The molecule has 0 unspecified atom stereocenters. The highest BCUT2D eigenvalue weighted by molar-refractivity contribution is 5.33. The first-order valence-corrected chi connectivity index (χ1v) is 5.86. The summed E-state index contributed by atoms with van der Waals surface area (Å²) in [5.41, 5.74) is 8.37. The highest BCUT2D eigenvalue weighted by Crippen LogP contribution is 2.19. The van der Waals surface area contributed by atoms with Gasteiger partial charge in [-0.3, -0.25) is 0 Å². The zero-order valence-electron chi connectivity index (χ0n) is 10.3. The Hall–Kier alpha value is -1.87. The molecule has 0 saturated heterocycles. The lowest BCUT2D eigenvalue weighted by molar-refractivity contribution is 0.302. The molecular weight excluding hydrogens is 229 g/mol. The Labute approximate surface area is 106 Å². The average molecular weight is 245 g/mol. The molecule has 0 fully saturated rings. The maximum absolute atomic E-state index is 13.1. The van der Waals surface area contributed by atoms with E-state index in [9.17, 15) is 4.39 Å². The monoisotopic (exact) mass is 245 g/mol. The predicted molar refractivity (Wildman–Crippen MR) is 69.8 cm³/mol. The van der Waals surface area contributed by atoms with Crippen molar-refractivity contribution in [2.45, 2.75) is 20.1 Å². The van der Waals surface area contributed by atoms with E-state index in [0.717, 1.165) is 22.4 Å². The van der Waals surface area contributed by atoms with Crippen molar-refractivity contribution >= 4 is 0 Å². The molecule has 18 heavy (non-hydrogen) atoms. The maximum atomic E-state index is 13.1. The zero-order chi connectivity index (χ0) is 13.0. The van der Waals surface area contributed by atoms with Gasteiger partial charge in [0.2, 0.25) is 0 Å². The first kappa shape index (κ1) is 12.6. The number of para-hydroxylation sites is 1. The number of ether oxygens (including phenoxy) is 1. The molecule has 3 heteroatoms. The topological polar surface area (TPSA) is 35.2 Å². The number of hydrogen-bond acceptors (Lipinski definition) is 2. The summed E-state index contributed by atoms with van der Waals surface area (Å²) in [5.74, 6) is 0.569. The third-order valence-electron chi connectivity index (χ3n) is 2.86. The van der Waals surface area contributed by atoms with Gasteiger partial charge in [0.1, 0.15) is 18.2 Å². The summed E-state index contributed by atoms with van der Waals surface area (Å²) in [7, 11) is 0. The predicted octanol–water partition coefficient (Wildman–Crippen LogP) is 3.17. The van der Waals surface area contributed by atoms with E-state index in [-0.39, 0.29) is 5.82 Å². The molecule has 2 nitrogen and oxygen atoms in total. The number of benzene rings is 2. The van der Waals surface area contributed by atoms with Gasteiger partial charge >= 0.3 is 0 Å². The molecule has 94 valence electrons. The average Bonchev–Trinajstić information content (AvgIpc) is 2.39. The summed E-state index contributed by atoms with van der Waals surface area (Å²) in [5, 5.41) is 0. The standard InChI is InChI=1S/C15H16FNO/c1-11-4-2-3-5-15(11)18-10-12-6-7-14(16)8-13(12)9-17/h2-8H,9-10,17H2,1H3. The Bertz CT molecular complexity index is 540. The Morgan fingerprint density at radius 2 is 1.89 bits per heavy atom. The van der Waals surface area contributed by atoms with Gasteiger partial charge in [0, 0.05) is 6.54 Å². The second-order valence-corrected chi connectivity index (χ2v) is 4.17. The van der Waals surface area contributed by atoms with Crippen LogP contribution in [0.15, 0.2) is 42.5 Å². The van der Waals surface area contributed by atoms with Gasteiger partial charge in [0.05, 0.1) is 0 Å². The fourth-order valence-electron chi connectivity index (χ4n) is 1.80. The minimum absolute atomic E-state index is 0.268. The molecule has 0 aliphatic heterocycles. The molecule has 0 aromatic heterocycles. The molecule has 0 aliphatic carbocycles. The second kappa shape index (κ2) is 5.65. The smallest absolute Gasteiger partial charge is 0.123 e. The van der Waals surface area contributed by atoms with Gasteiger partial charge in [-0.1, -0.05) is 24.3 Å². The zero-order valence-corrected chi connectivity index (χ0v) is 10.3. The van der Waals surface area contributed by atoms with Crippen molar-refractivity contribution in [1.29, 1.82) is 0 Å². The molecule has 0 radical (unpaired) electrons. The number of halogens is 1. The third kappa shape index (κ3) is 2.87. The van der Waals surface area contributed by atoms with Crippen LogP contribution < -0.4 is 10.5 Å². The van der Waals surface area contributed by atoms with Crippen molar-refractivity contribution in [3.63, 3.8) is 0 Å². The lowest BCUT2D eigenvalue weighted by atomic mass is 10.1. The molecule has 2 aromatic carbocycles. The van der Waals surface area contributed by atoms with E-state index in [1.807, 2.05) is 31.2 Å². The van der Waals surface area contributed by atoms with Crippen LogP contribution in [-0.2, 0) is 13.2 Å². The van der Waals surface area contributed by atoms with Gasteiger partial charge < -0.3 is 10.5 Å². The van der Waals surface area contributed by atoms with E-state index in [0.29, 0.717) is 13.2 Å². The van der Waals surface area contributed by atoms with Crippen molar-refractivity contribution in [3.8, 4) is 5.75 Å². The Morgan fingerprint density at radius 1 is 1.11 bits per heavy atom. The summed E-state index contributed by atoms with van der Waals surface area (Å²) in [6.07, 6.45) is 0. The van der Waals surface area contributed by atoms with Crippen LogP contribution >= 0.6 is 0 Å². The van der Waals surface area contributed by atoms with Crippen LogP contribution in [0.5, 0.6) is 5.75 Å². The molecule has 0 saturated carbocycles. The number of rotatable bonds is 4. The summed E-state index contributed by atoms with van der Waals surface area (Å²) in [6, 6.07) is 12.4.